The largest absolute Gasteiger partial charge is 0.497 e. The van der Waals surface area contributed by atoms with Crippen molar-refractivity contribution >= 4 is 21.9 Å². The number of fused-ring (bicyclic) bond motifs is 2. The fraction of sp³-hybridized carbons (Fsp3) is 0.0417. The Kier molecular flexibility index (Phi) is 3.95. The van der Waals surface area contributed by atoms with Crippen LogP contribution in [0.2, 0.25) is 0 Å². The second-order valence-corrected chi connectivity index (χ2v) is 6.71. The van der Waals surface area contributed by atoms with Crippen LogP contribution in [0.4, 0.5) is 4.39 Å². The minimum absolute atomic E-state index is 0.296. The van der Waals surface area contributed by atoms with E-state index >= 15 is 0 Å². The summed E-state index contributed by atoms with van der Waals surface area (Å²) in [6.45, 7) is 0. The summed E-state index contributed by atoms with van der Waals surface area (Å²) in [5.41, 5.74) is 3.90. The van der Waals surface area contributed by atoms with Crippen molar-refractivity contribution in [2.45, 2.75) is 0 Å². The predicted octanol–water partition coefficient (Wildman–Crippen LogP) is 6.02. The molecule has 0 bridgehead atoms. The summed E-state index contributed by atoms with van der Waals surface area (Å²) in [5, 5.41) is 1.64. The van der Waals surface area contributed by atoms with Gasteiger partial charge in [0.1, 0.15) is 22.7 Å². The molecule has 29 heavy (non-hydrogen) atoms. The van der Waals surface area contributed by atoms with Crippen LogP contribution in [0, 0.1) is 5.82 Å². The van der Waals surface area contributed by atoms with Crippen molar-refractivity contribution in [2.75, 3.05) is 7.11 Å². The highest BCUT2D eigenvalue weighted by Gasteiger charge is 2.14. The molecule has 0 aliphatic heterocycles. The van der Waals surface area contributed by atoms with Crippen molar-refractivity contribution < 1.29 is 18.0 Å². The molecule has 0 aliphatic rings. The van der Waals surface area contributed by atoms with Gasteiger partial charge in [-0.05, 0) is 47.0 Å². The van der Waals surface area contributed by atoms with E-state index in [0.29, 0.717) is 11.2 Å². The zero-order valence-corrected chi connectivity index (χ0v) is 15.4. The van der Waals surface area contributed by atoms with Crippen molar-refractivity contribution in [3.63, 3.8) is 0 Å². The van der Waals surface area contributed by atoms with Gasteiger partial charge in [-0.25, -0.2) is 9.18 Å². The van der Waals surface area contributed by atoms with E-state index in [1.165, 1.54) is 18.2 Å². The highest BCUT2D eigenvalue weighted by atomic mass is 19.1. The van der Waals surface area contributed by atoms with Gasteiger partial charge >= 0.3 is 5.63 Å². The third-order valence-corrected chi connectivity index (χ3v) is 4.99. The Hall–Kier alpha value is -3.86. The SMILES string of the molecule is COc1ccc(-c2cc(=O)oc3cc4occ(-c5ccc(F)cc5)c4cc23)cc1. The Labute approximate surface area is 164 Å². The Morgan fingerprint density at radius 3 is 2.17 bits per heavy atom. The summed E-state index contributed by atoms with van der Waals surface area (Å²) >= 11 is 0. The molecule has 0 amide bonds. The average Bonchev–Trinajstić information content (AvgIpc) is 3.15. The summed E-state index contributed by atoms with van der Waals surface area (Å²) in [6.07, 6.45) is 1.63. The normalized spacial score (nSPS) is 11.2. The average molecular weight is 386 g/mol. The molecule has 0 radical (unpaired) electrons. The van der Waals surface area contributed by atoms with E-state index in [9.17, 15) is 9.18 Å². The first-order chi connectivity index (χ1) is 14.1. The molecule has 5 heteroatoms. The number of furan rings is 1. The quantitative estimate of drug-likeness (QED) is 0.356. The summed E-state index contributed by atoms with van der Waals surface area (Å²) in [4.78, 5) is 12.1. The Morgan fingerprint density at radius 1 is 0.793 bits per heavy atom. The highest BCUT2D eigenvalue weighted by molar-refractivity contribution is 6.05. The summed E-state index contributed by atoms with van der Waals surface area (Å²) < 4.78 is 29.6. The molecule has 0 atom stereocenters. The molecule has 5 aromatic rings. The first kappa shape index (κ1) is 17.3. The predicted molar refractivity (Wildman–Crippen MR) is 110 cm³/mol. The molecule has 142 valence electrons. The van der Waals surface area contributed by atoms with E-state index in [1.54, 1.807) is 31.6 Å². The van der Waals surface area contributed by atoms with Crippen molar-refractivity contribution in [2.24, 2.45) is 0 Å². The molecule has 3 aromatic carbocycles. The van der Waals surface area contributed by atoms with E-state index < -0.39 is 5.63 Å². The smallest absolute Gasteiger partial charge is 0.336 e. The standard InChI is InChI=1S/C24H15FO4/c1-27-17-8-4-14(5-9-17)18-11-24(26)29-23-12-22-20(10-19(18)23)21(13-28-22)15-2-6-16(25)7-3-15/h2-13H,1H3. The minimum Gasteiger partial charge on any atom is -0.497 e. The molecule has 2 aromatic heterocycles. The number of benzene rings is 3. The van der Waals surface area contributed by atoms with Crippen LogP contribution in [-0.4, -0.2) is 7.11 Å². The van der Waals surface area contributed by atoms with Gasteiger partial charge in [0.05, 0.1) is 13.4 Å². The Morgan fingerprint density at radius 2 is 1.45 bits per heavy atom. The zero-order valence-electron chi connectivity index (χ0n) is 15.4. The zero-order chi connectivity index (χ0) is 20.0. The lowest BCUT2D eigenvalue weighted by Gasteiger charge is -2.07. The fourth-order valence-electron chi connectivity index (χ4n) is 3.55. The molecule has 0 fully saturated rings. The second kappa shape index (κ2) is 6.63. The molecule has 0 unspecified atom stereocenters. The van der Waals surface area contributed by atoms with Crippen LogP contribution >= 0.6 is 0 Å². The summed E-state index contributed by atoms with van der Waals surface area (Å²) in [7, 11) is 1.61. The number of methoxy groups -OCH3 is 1. The van der Waals surface area contributed by atoms with Crippen molar-refractivity contribution in [3.8, 4) is 28.0 Å². The van der Waals surface area contributed by atoms with E-state index in [0.717, 1.165) is 38.8 Å². The third-order valence-electron chi connectivity index (χ3n) is 4.99. The molecule has 0 aliphatic carbocycles. The van der Waals surface area contributed by atoms with Crippen molar-refractivity contribution in [1.82, 2.24) is 0 Å². The minimum atomic E-state index is -0.437. The van der Waals surface area contributed by atoms with Crippen LogP contribution in [-0.2, 0) is 0 Å². The maximum absolute atomic E-state index is 13.3. The van der Waals surface area contributed by atoms with E-state index in [4.69, 9.17) is 13.6 Å². The van der Waals surface area contributed by atoms with Gasteiger partial charge < -0.3 is 13.6 Å². The Bertz CT molecular complexity index is 1390. The van der Waals surface area contributed by atoms with E-state index in [-0.39, 0.29) is 5.82 Å². The molecular formula is C24H15FO4. The van der Waals surface area contributed by atoms with Crippen LogP contribution in [0.25, 0.3) is 44.2 Å². The van der Waals surface area contributed by atoms with Gasteiger partial charge in [0.25, 0.3) is 0 Å². The van der Waals surface area contributed by atoms with Crippen LogP contribution in [0.3, 0.4) is 0 Å². The van der Waals surface area contributed by atoms with Gasteiger partial charge in [0.2, 0.25) is 0 Å². The first-order valence-electron chi connectivity index (χ1n) is 9.02. The fourth-order valence-corrected chi connectivity index (χ4v) is 3.55. The van der Waals surface area contributed by atoms with Gasteiger partial charge in [-0.2, -0.15) is 0 Å². The number of rotatable bonds is 3. The molecular weight excluding hydrogens is 371 g/mol. The van der Waals surface area contributed by atoms with Gasteiger partial charge in [0, 0.05) is 28.5 Å². The van der Waals surface area contributed by atoms with E-state index in [1.807, 2.05) is 30.3 Å². The molecule has 5 rings (SSSR count). The summed E-state index contributed by atoms with van der Waals surface area (Å²) in [6, 6.07) is 18.9. The van der Waals surface area contributed by atoms with Crippen LogP contribution in [0.1, 0.15) is 0 Å². The van der Waals surface area contributed by atoms with Gasteiger partial charge in [-0.1, -0.05) is 24.3 Å². The molecule has 0 saturated heterocycles. The number of hydrogen-bond donors (Lipinski definition) is 0. The lowest BCUT2D eigenvalue weighted by Crippen LogP contribution is -1.98. The number of ether oxygens (including phenoxy) is 1. The lowest BCUT2D eigenvalue weighted by molar-refractivity contribution is 0.415. The van der Waals surface area contributed by atoms with Crippen LogP contribution in [0.5, 0.6) is 5.75 Å². The summed E-state index contributed by atoms with van der Waals surface area (Å²) in [5.74, 6) is 0.437. The van der Waals surface area contributed by atoms with Gasteiger partial charge in [-0.3, -0.25) is 0 Å². The molecule has 0 spiro atoms. The molecule has 0 N–H and O–H groups in total. The second-order valence-electron chi connectivity index (χ2n) is 6.71. The monoisotopic (exact) mass is 386 g/mol. The van der Waals surface area contributed by atoms with Gasteiger partial charge in [-0.15, -0.1) is 0 Å². The van der Waals surface area contributed by atoms with Gasteiger partial charge in [0.15, 0.2) is 0 Å². The first-order valence-corrected chi connectivity index (χ1v) is 9.02. The highest BCUT2D eigenvalue weighted by Crippen LogP contribution is 2.36. The maximum atomic E-state index is 13.3. The number of hydrogen-bond acceptors (Lipinski definition) is 4. The van der Waals surface area contributed by atoms with Crippen LogP contribution < -0.4 is 10.4 Å². The third kappa shape index (κ3) is 2.97. The Balaban J connectivity index is 1.77. The molecule has 2 heterocycles. The number of halogens is 1. The van der Waals surface area contributed by atoms with Crippen molar-refractivity contribution in [1.29, 1.82) is 0 Å². The molecule has 4 nitrogen and oxygen atoms in total. The van der Waals surface area contributed by atoms with Crippen LogP contribution in [0.15, 0.2) is 86.6 Å². The van der Waals surface area contributed by atoms with Crippen molar-refractivity contribution in [3.05, 3.63) is 89.2 Å². The lowest BCUT2D eigenvalue weighted by atomic mass is 9.98. The molecule has 0 saturated carbocycles. The van der Waals surface area contributed by atoms with E-state index in [2.05, 4.69) is 0 Å². The topological polar surface area (TPSA) is 52.6 Å². The maximum Gasteiger partial charge on any atom is 0.336 e.